The molecule has 5 nitrogen and oxygen atoms in total. The molecule has 0 saturated heterocycles. The molecule has 1 amide bonds. The van der Waals surface area contributed by atoms with E-state index < -0.39 is 10.0 Å². The maximum atomic E-state index is 11.7. The van der Waals surface area contributed by atoms with Crippen LogP contribution in [0.5, 0.6) is 0 Å². The Morgan fingerprint density at radius 2 is 2.11 bits per heavy atom. The molecule has 1 aliphatic rings. The third-order valence-corrected chi connectivity index (χ3v) is 4.41. The molecule has 2 N–H and O–H groups in total. The maximum absolute atomic E-state index is 11.7. The summed E-state index contributed by atoms with van der Waals surface area (Å²) in [7, 11) is -3.29. The average Bonchev–Trinajstić information content (AvgIpc) is 2.55. The highest BCUT2D eigenvalue weighted by atomic mass is 32.2. The summed E-state index contributed by atoms with van der Waals surface area (Å²) in [6.07, 6.45) is 0.566. The van der Waals surface area contributed by atoms with Crippen LogP contribution in [0.15, 0.2) is 18.2 Å². The van der Waals surface area contributed by atoms with E-state index in [2.05, 4.69) is 10.0 Å². The van der Waals surface area contributed by atoms with E-state index in [9.17, 15) is 13.2 Å². The molecule has 0 aliphatic carbocycles. The predicted molar refractivity (Wildman–Crippen MR) is 71.2 cm³/mol. The number of hydrogen-bond donors (Lipinski definition) is 2. The molecule has 1 heterocycles. The molecule has 98 valence electrons. The van der Waals surface area contributed by atoms with Gasteiger partial charge in [-0.2, -0.15) is 0 Å². The van der Waals surface area contributed by atoms with E-state index in [1.54, 1.807) is 25.1 Å². The summed E-state index contributed by atoms with van der Waals surface area (Å²) in [4.78, 5) is 11.5. The van der Waals surface area contributed by atoms with Crippen LogP contribution in [0.2, 0.25) is 0 Å². The minimum Gasteiger partial charge on any atom is -0.325 e. The van der Waals surface area contributed by atoms with Gasteiger partial charge >= 0.3 is 0 Å². The molecule has 6 heteroatoms. The monoisotopic (exact) mass is 268 g/mol. The topological polar surface area (TPSA) is 75.3 Å². The number of carbonyl (C=O) groups excluding carboxylic acids is 1. The van der Waals surface area contributed by atoms with Gasteiger partial charge in [-0.05, 0) is 37.1 Å². The SMILES string of the molecule is CCCS(=O)(=O)Nc1ccc2c(c1)C(C)C(=O)N2. The summed E-state index contributed by atoms with van der Waals surface area (Å²) in [6.45, 7) is 3.61. The number of amides is 1. The van der Waals surface area contributed by atoms with E-state index in [4.69, 9.17) is 0 Å². The number of carbonyl (C=O) groups is 1. The summed E-state index contributed by atoms with van der Waals surface area (Å²) in [6, 6.07) is 5.09. The third-order valence-electron chi connectivity index (χ3n) is 2.92. The van der Waals surface area contributed by atoms with Crippen LogP contribution < -0.4 is 10.0 Å². The van der Waals surface area contributed by atoms with Crippen LogP contribution in [-0.4, -0.2) is 20.1 Å². The van der Waals surface area contributed by atoms with Crippen LogP contribution in [-0.2, 0) is 14.8 Å². The molecule has 0 saturated carbocycles. The first-order chi connectivity index (χ1) is 8.43. The molecule has 1 atom stereocenters. The van der Waals surface area contributed by atoms with E-state index >= 15 is 0 Å². The van der Waals surface area contributed by atoms with Crippen molar-refractivity contribution in [3.8, 4) is 0 Å². The molecule has 1 aromatic carbocycles. The van der Waals surface area contributed by atoms with Gasteiger partial charge in [0, 0.05) is 11.4 Å². The Bertz CT molecular complexity index is 581. The van der Waals surface area contributed by atoms with Gasteiger partial charge < -0.3 is 5.32 Å². The van der Waals surface area contributed by atoms with Gasteiger partial charge in [0.2, 0.25) is 15.9 Å². The van der Waals surface area contributed by atoms with Crippen molar-refractivity contribution in [2.24, 2.45) is 0 Å². The molecule has 1 aliphatic heterocycles. The number of sulfonamides is 1. The lowest BCUT2D eigenvalue weighted by Crippen LogP contribution is -2.16. The van der Waals surface area contributed by atoms with E-state index in [-0.39, 0.29) is 17.6 Å². The first-order valence-electron chi connectivity index (χ1n) is 5.88. The Kier molecular flexibility index (Phi) is 3.30. The van der Waals surface area contributed by atoms with E-state index in [0.29, 0.717) is 12.1 Å². The second-order valence-corrected chi connectivity index (χ2v) is 6.28. The number of nitrogens with one attached hydrogen (secondary N) is 2. The van der Waals surface area contributed by atoms with Crippen LogP contribution in [0, 0.1) is 0 Å². The fourth-order valence-electron chi connectivity index (χ4n) is 1.98. The number of fused-ring (bicyclic) bond motifs is 1. The van der Waals surface area contributed by atoms with Crippen molar-refractivity contribution in [2.75, 3.05) is 15.8 Å². The minimum absolute atomic E-state index is 0.0569. The molecule has 0 spiro atoms. The summed E-state index contributed by atoms with van der Waals surface area (Å²) in [5.74, 6) is -0.203. The molecule has 0 aromatic heterocycles. The zero-order chi connectivity index (χ0) is 13.3. The number of rotatable bonds is 4. The Balaban J connectivity index is 2.26. The van der Waals surface area contributed by atoms with Crippen LogP contribution in [0.4, 0.5) is 11.4 Å². The standard InChI is InChI=1S/C12H16N2O3S/c1-3-6-18(16,17)14-9-4-5-11-10(7-9)8(2)12(15)13-11/h4-5,7-8,14H,3,6H2,1-2H3,(H,13,15). The highest BCUT2D eigenvalue weighted by Crippen LogP contribution is 2.34. The van der Waals surface area contributed by atoms with Crippen LogP contribution in [0.25, 0.3) is 0 Å². The molecular weight excluding hydrogens is 252 g/mol. The van der Waals surface area contributed by atoms with Crippen molar-refractivity contribution in [2.45, 2.75) is 26.2 Å². The summed E-state index contributed by atoms with van der Waals surface area (Å²) >= 11 is 0. The smallest absolute Gasteiger partial charge is 0.232 e. The number of benzene rings is 1. The van der Waals surface area contributed by atoms with Gasteiger partial charge in [-0.3, -0.25) is 9.52 Å². The average molecular weight is 268 g/mol. The second-order valence-electron chi connectivity index (χ2n) is 4.43. The Morgan fingerprint density at radius 1 is 1.39 bits per heavy atom. The van der Waals surface area contributed by atoms with Gasteiger partial charge in [-0.1, -0.05) is 6.92 Å². The lowest BCUT2D eigenvalue weighted by Gasteiger charge is -2.09. The lowest BCUT2D eigenvalue weighted by atomic mass is 10.0. The molecule has 1 unspecified atom stereocenters. The van der Waals surface area contributed by atoms with Gasteiger partial charge in [0.15, 0.2) is 0 Å². The van der Waals surface area contributed by atoms with Crippen molar-refractivity contribution >= 4 is 27.3 Å². The lowest BCUT2D eigenvalue weighted by molar-refractivity contribution is -0.116. The van der Waals surface area contributed by atoms with E-state index in [0.717, 1.165) is 11.3 Å². The summed E-state index contributed by atoms with van der Waals surface area (Å²) in [5, 5.41) is 2.75. The quantitative estimate of drug-likeness (QED) is 0.875. The van der Waals surface area contributed by atoms with Crippen molar-refractivity contribution in [1.82, 2.24) is 0 Å². The maximum Gasteiger partial charge on any atom is 0.232 e. The van der Waals surface area contributed by atoms with Gasteiger partial charge in [-0.15, -0.1) is 0 Å². The minimum atomic E-state index is -3.29. The van der Waals surface area contributed by atoms with Crippen LogP contribution in [0.1, 0.15) is 31.7 Å². The predicted octanol–water partition coefficient (Wildman–Crippen LogP) is 1.89. The van der Waals surface area contributed by atoms with Crippen molar-refractivity contribution in [1.29, 1.82) is 0 Å². The highest BCUT2D eigenvalue weighted by molar-refractivity contribution is 7.92. The van der Waals surface area contributed by atoms with E-state index in [1.807, 2.05) is 6.92 Å². The van der Waals surface area contributed by atoms with Gasteiger partial charge in [-0.25, -0.2) is 8.42 Å². The zero-order valence-electron chi connectivity index (χ0n) is 10.4. The Morgan fingerprint density at radius 3 is 2.78 bits per heavy atom. The Hall–Kier alpha value is -1.56. The zero-order valence-corrected chi connectivity index (χ0v) is 11.2. The largest absolute Gasteiger partial charge is 0.325 e. The summed E-state index contributed by atoms with van der Waals surface area (Å²) in [5.41, 5.74) is 2.09. The number of hydrogen-bond acceptors (Lipinski definition) is 3. The highest BCUT2D eigenvalue weighted by Gasteiger charge is 2.26. The Labute approximate surface area is 107 Å². The molecule has 0 bridgehead atoms. The van der Waals surface area contributed by atoms with Crippen molar-refractivity contribution in [3.63, 3.8) is 0 Å². The van der Waals surface area contributed by atoms with Crippen LogP contribution in [0.3, 0.4) is 0 Å². The molecule has 1 aromatic rings. The normalized spacial score (nSPS) is 18.3. The first kappa shape index (κ1) is 12.9. The van der Waals surface area contributed by atoms with Gasteiger partial charge in [0.25, 0.3) is 0 Å². The molecule has 0 radical (unpaired) electrons. The fraction of sp³-hybridized carbons (Fsp3) is 0.417. The first-order valence-corrected chi connectivity index (χ1v) is 7.53. The van der Waals surface area contributed by atoms with Crippen LogP contribution >= 0.6 is 0 Å². The fourth-order valence-corrected chi connectivity index (χ4v) is 3.11. The second kappa shape index (κ2) is 4.61. The van der Waals surface area contributed by atoms with Crippen molar-refractivity contribution < 1.29 is 13.2 Å². The van der Waals surface area contributed by atoms with Gasteiger partial charge in [0.05, 0.1) is 11.7 Å². The number of anilines is 2. The molecule has 18 heavy (non-hydrogen) atoms. The molecule has 0 fully saturated rings. The third kappa shape index (κ3) is 2.48. The molecular formula is C12H16N2O3S. The van der Waals surface area contributed by atoms with Gasteiger partial charge in [0.1, 0.15) is 0 Å². The van der Waals surface area contributed by atoms with Crippen molar-refractivity contribution in [3.05, 3.63) is 23.8 Å². The molecule has 2 rings (SSSR count). The summed E-state index contributed by atoms with van der Waals surface area (Å²) < 4.78 is 25.8. The van der Waals surface area contributed by atoms with E-state index in [1.165, 1.54) is 0 Å².